The Kier molecular flexibility index (Phi) is 8.90. The monoisotopic (exact) mass is 452 g/mol. The molecular formula is C28H40N2O3. The van der Waals surface area contributed by atoms with Crippen LogP contribution in [0.15, 0.2) is 48.5 Å². The van der Waals surface area contributed by atoms with Gasteiger partial charge in [-0.05, 0) is 114 Å². The van der Waals surface area contributed by atoms with Crippen LogP contribution >= 0.6 is 0 Å². The molecule has 0 amide bonds. The topological polar surface area (TPSA) is 34.2 Å². The van der Waals surface area contributed by atoms with Gasteiger partial charge >= 0.3 is 0 Å². The van der Waals surface area contributed by atoms with Crippen LogP contribution in [0.5, 0.6) is 23.0 Å². The molecule has 2 unspecified atom stereocenters. The van der Waals surface area contributed by atoms with Gasteiger partial charge in [0.05, 0.1) is 13.2 Å². The zero-order valence-electron chi connectivity index (χ0n) is 20.4. The molecule has 2 saturated heterocycles. The van der Waals surface area contributed by atoms with Crippen LogP contribution in [0.1, 0.15) is 51.4 Å². The summed E-state index contributed by atoms with van der Waals surface area (Å²) in [5.74, 6) is 3.41. The number of nitrogens with zero attached hydrogens (tertiary/aromatic N) is 2. The molecule has 0 aromatic heterocycles. The van der Waals surface area contributed by atoms with E-state index in [2.05, 4.69) is 23.9 Å². The Morgan fingerprint density at radius 2 is 1.00 bits per heavy atom. The van der Waals surface area contributed by atoms with Gasteiger partial charge in [0.2, 0.25) is 0 Å². The quantitative estimate of drug-likeness (QED) is 0.443. The molecule has 180 valence electrons. The van der Waals surface area contributed by atoms with Crippen molar-refractivity contribution in [3.63, 3.8) is 0 Å². The minimum atomic E-state index is 0.655. The zero-order chi connectivity index (χ0) is 22.9. The number of piperidine rings is 2. The Bertz CT molecular complexity index is 755. The lowest BCUT2D eigenvalue weighted by Crippen LogP contribution is -2.37. The van der Waals surface area contributed by atoms with Gasteiger partial charge in [0, 0.05) is 12.1 Å². The summed E-state index contributed by atoms with van der Waals surface area (Å²) in [7, 11) is 4.45. The molecular weight excluding hydrogens is 412 g/mol. The van der Waals surface area contributed by atoms with Gasteiger partial charge in [0.1, 0.15) is 23.0 Å². The minimum absolute atomic E-state index is 0.655. The summed E-state index contributed by atoms with van der Waals surface area (Å²) >= 11 is 0. The first-order valence-electron chi connectivity index (χ1n) is 12.7. The van der Waals surface area contributed by atoms with E-state index in [1.165, 1.54) is 51.6 Å². The summed E-state index contributed by atoms with van der Waals surface area (Å²) in [5, 5.41) is 0. The van der Waals surface area contributed by atoms with E-state index < -0.39 is 0 Å². The SMILES string of the molecule is CN1CCCCC1CCOc1ccc(Oc2ccc(OCCC3CCCCN3C)cc2)cc1. The Morgan fingerprint density at radius 3 is 1.39 bits per heavy atom. The number of rotatable bonds is 10. The van der Waals surface area contributed by atoms with E-state index in [-0.39, 0.29) is 0 Å². The fourth-order valence-electron chi connectivity index (χ4n) is 4.99. The van der Waals surface area contributed by atoms with Crippen LogP contribution in [-0.4, -0.2) is 62.3 Å². The van der Waals surface area contributed by atoms with Crippen molar-refractivity contribution in [2.45, 2.75) is 63.5 Å². The molecule has 2 fully saturated rings. The van der Waals surface area contributed by atoms with E-state index in [1.54, 1.807) is 0 Å². The molecule has 0 saturated carbocycles. The zero-order valence-corrected chi connectivity index (χ0v) is 20.4. The van der Waals surface area contributed by atoms with Crippen LogP contribution in [0.2, 0.25) is 0 Å². The molecule has 0 bridgehead atoms. The standard InChI is InChI=1S/C28H40N2O3/c1-29-19-5-3-7-23(29)17-21-31-25-9-13-27(14-10-25)33-28-15-11-26(12-16-28)32-22-18-24-8-4-6-20-30(24)2/h9-16,23-24H,3-8,17-22H2,1-2H3. The number of benzene rings is 2. The van der Waals surface area contributed by atoms with Gasteiger partial charge in [0.15, 0.2) is 0 Å². The molecule has 5 nitrogen and oxygen atoms in total. The van der Waals surface area contributed by atoms with Crippen molar-refractivity contribution >= 4 is 0 Å². The molecule has 5 heteroatoms. The van der Waals surface area contributed by atoms with E-state index >= 15 is 0 Å². The highest BCUT2D eigenvalue weighted by atomic mass is 16.5. The number of likely N-dealkylation sites (tertiary alicyclic amines) is 2. The fourth-order valence-corrected chi connectivity index (χ4v) is 4.99. The maximum absolute atomic E-state index is 5.99. The van der Waals surface area contributed by atoms with E-state index in [9.17, 15) is 0 Å². The summed E-state index contributed by atoms with van der Waals surface area (Å²) in [6, 6.07) is 17.1. The van der Waals surface area contributed by atoms with Gasteiger partial charge in [-0.25, -0.2) is 0 Å². The maximum Gasteiger partial charge on any atom is 0.127 e. The normalized spacial score (nSPS) is 22.1. The molecule has 2 aliphatic rings. The second-order valence-electron chi connectivity index (χ2n) is 9.58. The minimum Gasteiger partial charge on any atom is -0.494 e. The highest BCUT2D eigenvalue weighted by Gasteiger charge is 2.19. The molecule has 2 aliphatic heterocycles. The van der Waals surface area contributed by atoms with Crippen molar-refractivity contribution in [3.05, 3.63) is 48.5 Å². The number of hydrogen-bond acceptors (Lipinski definition) is 5. The first-order chi connectivity index (χ1) is 16.2. The summed E-state index contributed by atoms with van der Waals surface area (Å²) < 4.78 is 17.9. The van der Waals surface area contributed by atoms with E-state index in [4.69, 9.17) is 14.2 Å². The molecule has 2 atom stereocenters. The van der Waals surface area contributed by atoms with E-state index in [0.717, 1.165) is 49.1 Å². The fraction of sp³-hybridized carbons (Fsp3) is 0.571. The van der Waals surface area contributed by atoms with Crippen molar-refractivity contribution < 1.29 is 14.2 Å². The van der Waals surface area contributed by atoms with Crippen LogP contribution in [0.25, 0.3) is 0 Å². The molecule has 4 rings (SSSR count). The molecule has 0 aliphatic carbocycles. The van der Waals surface area contributed by atoms with Crippen molar-refractivity contribution in [2.75, 3.05) is 40.4 Å². The van der Waals surface area contributed by atoms with Crippen molar-refractivity contribution in [1.29, 1.82) is 0 Å². The molecule has 0 N–H and O–H groups in total. The second-order valence-corrected chi connectivity index (χ2v) is 9.58. The summed E-state index contributed by atoms with van der Waals surface area (Å²) in [6.45, 7) is 3.94. The lowest BCUT2D eigenvalue weighted by molar-refractivity contribution is 0.153. The Morgan fingerprint density at radius 1 is 0.606 bits per heavy atom. The Hall–Kier alpha value is -2.24. The largest absolute Gasteiger partial charge is 0.494 e. The molecule has 0 spiro atoms. The second kappa shape index (κ2) is 12.3. The van der Waals surface area contributed by atoms with Gasteiger partial charge in [-0.2, -0.15) is 0 Å². The van der Waals surface area contributed by atoms with Crippen LogP contribution in [0.4, 0.5) is 0 Å². The summed E-state index contributed by atoms with van der Waals surface area (Å²) in [6.07, 6.45) is 10.1. The molecule has 2 heterocycles. The average Bonchev–Trinajstić information content (AvgIpc) is 2.84. The maximum atomic E-state index is 5.99. The lowest BCUT2D eigenvalue weighted by Gasteiger charge is -2.32. The average molecular weight is 453 g/mol. The predicted molar refractivity (Wildman–Crippen MR) is 134 cm³/mol. The molecule has 0 radical (unpaired) electrons. The van der Waals surface area contributed by atoms with E-state index in [1.807, 2.05) is 48.5 Å². The predicted octanol–water partition coefficient (Wildman–Crippen LogP) is 5.99. The third-order valence-electron chi connectivity index (χ3n) is 7.17. The highest BCUT2D eigenvalue weighted by Crippen LogP contribution is 2.26. The lowest BCUT2D eigenvalue weighted by atomic mass is 10.0. The van der Waals surface area contributed by atoms with Gasteiger partial charge in [0.25, 0.3) is 0 Å². The molecule has 2 aromatic carbocycles. The first kappa shape index (κ1) is 23.9. The van der Waals surface area contributed by atoms with Crippen molar-refractivity contribution in [2.24, 2.45) is 0 Å². The van der Waals surface area contributed by atoms with Gasteiger partial charge in [-0.1, -0.05) is 12.8 Å². The number of ether oxygens (including phenoxy) is 3. The summed E-state index contributed by atoms with van der Waals surface area (Å²) in [5.41, 5.74) is 0. The third-order valence-corrected chi connectivity index (χ3v) is 7.17. The van der Waals surface area contributed by atoms with Crippen LogP contribution in [0.3, 0.4) is 0 Å². The third kappa shape index (κ3) is 7.38. The van der Waals surface area contributed by atoms with Crippen molar-refractivity contribution in [1.82, 2.24) is 9.80 Å². The van der Waals surface area contributed by atoms with Crippen LogP contribution in [-0.2, 0) is 0 Å². The van der Waals surface area contributed by atoms with Crippen molar-refractivity contribution in [3.8, 4) is 23.0 Å². The highest BCUT2D eigenvalue weighted by molar-refractivity contribution is 5.37. The summed E-state index contributed by atoms with van der Waals surface area (Å²) in [4.78, 5) is 4.94. The van der Waals surface area contributed by atoms with Crippen LogP contribution < -0.4 is 14.2 Å². The van der Waals surface area contributed by atoms with Gasteiger partial charge in [-0.3, -0.25) is 0 Å². The van der Waals surface area contributed by atoms with Gasteiger partial charge < -0.3 is 24.0 Å². The first-order valence-corrected chi connectivity index (χ1v) is 12.7. The van der Waals surface area contributed by atoms with E-state index in [0.29, 0.717) is 12.1 Å². The smallest absolute Gasteiger partial charge is 0.127 e. The van der Waals surface area contributed by atoms with Crippen LogP contribution in [0, 0.1) is 0 Å². The molecule has 2 aromatic rings. The number of hydrogen-bond donors (Lipinski definition) is 0. The Balaban J connectivity index is 1.17. The molecule has 33 heavy (non-hydrogen) atoms. The van der Waals surface area contributed by atoms with Gasteiger partial charge in [-0.15, -0.1) is 0 Å². The Labute approximate surface area is 199 Å².